The summed E-state index contributed by atoms with van der Waals surface area (Å²) in [6.45, 7) is 3.43. The number of amides is 1. The Morgan fingerprint density at radius 2 is 2.08 bits per heavy atom. The van der Waals surface area contributed by atoms with Crippen molar-refractivity contribution in [1.82, 2.24) is 19.9 Å². The topological polar surface area (TPSA) is 91.1 Å². The van der Waals surface area contributed by atoms with Crippen molar-refractivity contribution in [3.05, 3.63) is 64.2 Å². The van der Waals surface area contributed by atoms with E-state index in [2.05, 4.69) is 15.0 Å². The van der Waals surface area contributed by atoms with E-state index in [1.807, 2.05) is 37.3 Å². The molecule has 1 fully saturated rings. The molecule has 1 saturated heterocycles. The molecule has 1 aromatic carbocycles. The van der Waals surface area contributed by atoms with Crippen LogP contribution in [0.25, 0.3) is 11.2 Å². The fourth-order valence-corrected chi connectivity index (χ4v) is 3.23. The number of nitrogens with one attached hydrogen (secondary N) is 2. The first-order chi connectivity index (χ1) is 12.0. The normalized spacial score (nSPS) is 20.8. The molecule has 1 unspecified atom stereocenters. The lowest BCUT2D eigenvalue weighted by Gasteiger charge is -2.40. The Bertz CT molecular complexity index is 979. The van der Waals surface area contributed by atoms with Crippen LogP contribution >= 0.6 is 0 Å². The molecule has 1 amide bonds. The Balaban J connectivity index is 1.61. The monoisotopic (exact) mass is 338 g/mol. The van der Waals surface area contributed by atoms with E-state index < -0.39 is 5.60 Å². The quantitative estimate of drug-likeness (QED) is 0.743. The minimum absolute atomic E-state index is 0.123. The minimum Gasteiger partial charge on any atom is -0.367 e. The molecule has 0 radical (unpaired) electrons. The summed E-state index contributed by atoms with van der Waals surface area (Å²) in [6.07, 6.45) is 1.49. The van der Waals surface area contributed by atoms with Gasteiger partial charge in [-0.3, -0.25) is 9.78 Å². The number of aromatic nitrogens is 3. The minimum atomic E-state index is -0.547. The molecule has 0 saturated carbocycles. The Morgan fingerprint density at radius 3 is 2.88 bits per heavy atom. The summed E-state index contributed by atoms with van der Waals surface area (Å²) in [5, 5.41) is 0. The number of rotatable bonds is 2. The molecule has 2 aromatic heterocycles. The van der Waals surface area contributed by atoms with Crippen LogP contribution in [0.4, 0.5) is 0 Å². The van der Waals surface area contributed by atoms with Crippen LogP contribution in [0.3, 0.4) is 0 Å². The maximum absolute atomic E-state index is 12.9. The molecule has 7 nitrogen and oxygen atoms in total. The Kier molecular flexibility index (Phi) is 3.65. The third-order valence-electron chi connectivity index (χ3n) is 4.56. The zero-order valence-electron chi connectivity index (χ0n) is 13.8. The van der Waals surface area contributed by atoms with Crippen LogP contribution in [0, 0.1) is 0 Å². The van der Waals surface area contributed by atoms with Crippen molar-refractivity contribution in [2.45, 2.75) is 12.5 Å². The highest BCUT2D eigenvalue weighted by Crippen LogP contribution is 2.30. The molecule has 2 N–H and O–H groups in total. The highest BCUT2D eigenvalue weighted by molar-refractivity contribution is 5.96. The molecular formula is C18H18N4O3. The number of benzene rings is 1. The summed E-state index contributed by atoms with van der Waals surface area (Å²) >= 11 is 0. The number of morpholine rings is 1. The lowest BCUT2D eigenvalue weighted by Crippen LogP contribution is -2.50. The number of carbonyl (C=O) groups is 1. The second kappa shape index (κ2) is 5.86. The van der Waals surface area contributed by atoms with Crippen LogP contribution in [-0.2, 0) is 10.3 Å². The molecule has 1 aliphatic rings. The zero-order valence-corrected chi connectivity index (χ0v) is 13.8. The van der Waals surface area contributed by atoms with E-state index in [4.69, 9.17) is 4.74 Å². The molecule has 7 heteroatoms. The number of nitrogens with zero attached hydrogens (tertiary/aromatic N) is 2. The first-order valence-electron chi connectivity index (χ1n) is 8.12. The van der Waals surface area contributed by atoms with Crippen molar-refractivity contribution in [1.29, 1.82) is 0 Å². The van der Waals surface area contributed by atoms with Crippen molar-refractivity contribution < 1.29 is 9.53 Å². The molecule has 0 bridgehead atoms. The SMILES string of the molecule is CC1(c2ccccc2)CN(C(=O)c2cnc3[nH]c(=O)[nH]c3c2)CCO1. The smallest absolute Gasteiger partial charge is 0.325 e. The maximum atomic E-state index is 12.9. The summed E-state index contributed by atoms with van der Waals surface area (Å²) in [6, 6.07) is 11.5. The predicted molar refractivity (Wildman–Crippen MR) is 92.4 cm³/mol. The fourth-order valence-electron chi connectivity index (χ4n) is 3.23. The maximum Gasteiger partial charge on any atom is 0.325 e. The van der Waals surface area contributed by atoms with E-state index >= 15 is 0 Å². The highest BCUT2D eigenvalue weighted by atomic mass is 16.5. The molecule has 0 aliphatic carbocycles. The summed E-state index contributed by atoms with van der Waals surface area (Å²) in [7, 11) is 0. The first kappa shape index (κ1) is 15.6. The standard InChI is InChI=1S/C18H18N4O3/c1-18(13-5-3-2-4-6-13)11-22(7-8-25-18)16(23)12-9-14-15(19-10-12)21-17(24)20-14/h2-6,9-10H,7-8,11H2,1H3,(H2,19,20,21,24). The number of hydrogen-bond acceptors (Lipinski definition) is 4. The molecule has 128 valence electrons. The number of imidazole rings is 1. The summed E-state index contributed by atoms with van der Waals surface area (Å²) in [5.41, 5.74) is 1.56. The van der Waals surface area contributed by atoms with E-state index in [1.54, 1.807) is 11.0 Å². The van der Waals surface area contributed by atoms with E-state index in [9.17, 15) is 9.59 Å². The van der Waals surface area contributed by atoms with Gasteiger partial charge in [0.1, 0.15) is 5.60 Å². The van der Waals surface area contributed by atoms with Crippen molar-refractivity contribution in [2.24, 2.45) is 0 Å². The van der Waals surface area contributed by atoms with Crippen molar-refractivity contribution in [3.8, 4) is 0 Å². The van der Waals surface area contributed by atoms with Gasteiger partial charge in [0.2, 0.25) is 0 Å². The van der Waals surface area contributed by atoms with Crippen LogP contribution < -0.4 is 5.69 Å². The molecule has 25 heavy (non-hydrogen) atoms. The van der Waals surface area contributed by atoms with E-state index in [1.165, 1.54) is 6.20 Å². The Labute approximate surface area is 143 Å². The highest BCUT2D eigenvalue weighted by Gasteiger charge is 2.36. The number of aromatic amines is 2. The van der Waals surface area contributed by atoms with Crippen LogP contribution in [0.1, 0.15) is 22.8 Å². The Hall–Kier alpha value is -2.93. The number of H-pyrrole nitrogens is 2. The van der Waals surface area contributed by atoms with Gasteiger partial charge in [-0.25, -0.2) is 9.78 Å². The van der Waals surface area contributed by atoms with Crippen LogP contribution in [0.5, 0.6) is 0 Å². The van der Waals surface area contributed by atoms with Crippen molar-refractivity contribution >= 4 is 17.1 Å². The molecule has 4 rings (SSSR count). The average Bonchev–Trinajstić information content (AvgIpc) is 3.01. The van der Waals surface area contributed by atoms with Gasteiger partial charge < -0.3 is 14.6 Å². The summed E-state index contributed by atoms with van der Waals surface area (Å²) < 4.78 is 5.98. The Morgan fingerprint density at radius 1 is 1.28 bits per heavy atom. The summed E-state index contributed by atoms with van der Waals surface area (Å²) in [5.74, 6) is -0.123. The number of ether oxygens (including phenoxy) is 1. The van der Waals surface area contributed by atoms with Gasteiger partial charge >= 0.3 is 5.69 Å². The van der Waals surface area contributed by atoms with Gasteiger partial charge in [-0.05, 0) is 18.6 Å². The first-order valence-corrected chi connectivity index (χ1v) is 8.12. The van der Waals surface area contributed by atoms with Gasteiger partial charge in [0.05, 0.1) is 24.2 Å². The number of fused-ring (bicyclic) bond motifs is 1. The largest absolute Gasteiger partial charge is 0.367 e. The molecule has 3 heterocycles. The van der Waals surface area contributed by atoms with Gasteiger partial charge in [-0.15, -0.1) is 0 Å². The molecule has 1 aliphatic heterocycles. The lowest BCUT2D eigenvalue weighted by atomic mass is 9.93. The van der Waals surface area contributed by atoms with Crippen molar-refractivity contribution in [3.63, 3.8) is 0 Å². The summed E-state index contributed by atoms with van der Waals surface area (Å²) in [4.78, 5) is 35.4. The average molecular weight is 338 g/mol. The third-order valence-corrected chi connectivity index (χ3v) is 4.56. The van der Waals surface area contributed by atoms with E-state index in [0.29, 0.717) is 36.4 Å². The van der Waals surface area contributed by atoms with Gasteiger partial charge in [-0.1, -0.05) is 30.3 Å². The van der Waals surface area contributed by atoms with Gasteiger partial charge in [0, 0.05) is 12.7 Å². The van der Waals surface area contributed by atoms with E-state index in [0.717, 1.165) is 5.56 Å². The molecular weight excluding hydrogens is 320 g/mol. The number of hydrogen-bond donors (Lipinski definition) is 2. The van der Waals surface area contributed by atoms with Gasteiger partial charge in [-0.2, -0.15) is 0 Å². The second-order valence-corrected chi connectivity index (χ2v) is 6.37. The number of carbonyl (C=O) groups excluding carboxylic acids is 1. The molecule has 1 atom stereocenters. The molecule has 0 spiro atoms. The van der Waals surface area contributed by atoms with Crippen LogP contribution in [-0.4, -0.2) is 45.5 Å². The van der Waals surface area contributed by atoms with Crippen LogP contribution in [0.15, 0.2) is 47.4 Å². The van der Waals surface area contributed by atoms with Crippen molar-refractivity contribution in [2.75, 3.05) is 19.7 Å². The van der Waals surface area contributed by atoms with Gasteiger partial charge in [0.15, 0.2) is 5.65 Å². The van der Waals surface area contributed by atoms with Gasteiger partial charge in [0.25, 0.3) is 5.91 Å². The van der Waals surface area contributed by atoms with E-state index in [-0.39, 0.29) is 11.6 Å². The zero-order chi connectivity index (χ0) is 17.4. The lowest BCUT2D eigenvalue weighted by molar-refractivity contribution is -0.0930. The third kappa shape index (κ3) is 2.83. The molecule has 3 aromatic rings. The number of pyridine rings is 1. The predicted octanol–water partition coefficient (Wildman–Crippen LogP) is 1.64. The van der Waals surface area contributed by atoms with Crippen LogP contribution in [0.2, 0.25) is 0 Å². The second-order valence-electron chi connectivity index (χ2n) is 6.37. The fraction of sp³-hybridized carbons (Fsp3) is 0.278.